The van der Waals surface area contributed by atoms with Crippen molar-refractivity contribution in [2.24, 2.45) is 0 Å². The molecule has 0 aliphatic heterocycles. The maximum atomic E-state index is 5.24. The molecule has 0 aliphatic rings. The molecule has 0 N–H and O–H groups in total. The van der Waals surface area contributed by atoms with E-state index in [-0.39, 0.29) is 9.76 Å². The molecule has 0 fully saturated rings. The van der Waals surface area contributed by atoms with Crippen LogP contribution in [-0.4, -0.2) is 30.3 Å². The highest BCUT2D eigenvalue weighted by Crippen LogP contribution is 1.77. The third-order valence-corrected chi connectivity index (χ3v) is 4.08. The lowest BCUT2D eigenvalue weighted by Crippen LogP contribution is -2.05. The van der Waals surface area contributed by atoms with Crippen LogP contribution in [0.4, 0.5) is 0 Å². The zero-order valence-electron chi connectivity index (χ0n) is 5.22. The molecule has 8 heavy (non-hydrogen) atoms. The average Bonchev–Trinajstić information content (AvgIpc) is 1.81. The SMILES string of the molecule is C=CC[SiH2]O[SiH2]O[SiH3]. The minimum atomic E-state index is -0.523. The van der Waals surface area contributed by atoms with Crippen LogP contribution in [0, 0.1) is 0 Å². The smallest absolute Gasteiger partial charge is 0.282 e. The van der Waals surface area contributed by atoms with Crippen molar-refractivity contribution < 1.29 is 8.23 Å². The van der Waals surface area contributed by atoms with E-state index in [4.69, 9.17) is 8.23 Å². The molecule has 5 heteroatoms. The fraction of sp³-hybridized carbons (Fsp3) is 0.333. The van der Waals surface area contributed by atoms with Crippen LogP contribution < -0.4 is 0 Å². The molecule has 0 amide bonds. The summed E-state index contributed by atoms with van der Waals surface area (Å²) in [7, 11) is 0.0587. The largest absolute Gasteiger partial charge is 0.449 e. The Morgan fingerprint density at radius 2 is 2.50 bits per heavy atom. The maximum absolute atomic E-state index is 5.24. The predicted molar refractivity (Wildman–Crippen MR) is 44.2 cm³/mol. The second-order valence-corrected chi connectivity index (χ2v) is 6.56. The van der Waals surface area contributed by atoms with Gasteiger partial charge >= 0.3 is 0 Å². The van der Waals surface area contributed by atoms with Gasteiger partial charge in [-0.25, -0.2) is 0 Å². The molecule has 0 aromatic heterocycles. The fourth-order valence-electron chi connectivity index (χ4n) is 0.309. The van der Waals surface area contributed by atoms with Crippen molar-refractivity contribution in [2.75, 3.05) is 0 Å². The van der Waals surface area contributed by atoms with Gasteiger partial charge in [-0.2, -0.15) is 0 Å². The van der Waals surface area contributed by atoms with Gasteiger partial charge in [-0.1, -0.05) is 6.08 Å². The monoisotopic (exact) mass is 164 g/mol. The molecule has 0 aromatic rings. The molecule has 0 bridgehead atoms. The summed E-state index contributed by atoms with van der Waals surface area (Å²) in [5, 5.41) is 0. The molecule has 0 saturated carbocycles. The van der Waals surface area contributed by atoms with E-state index in [0.29, 0.717) is 0 Å². The van der Waals surface area contributed by atoms with E-state index in [1.54, 1.807) is 0 Å². The van der Waals surface area contributed by atoms with Crippen LogP contribution in [0.2, 0.25) is 6.04 Å². The lowest BCUT2D eigenvalue weighted by molar-refractivity contribution is 0.503. The van der Waals surface area contributed by atoms with Gasteiger partial charge in [0, 0.05) is 0 Å². The van der Waals surface area contributed by atoms with E-state index >= 15 is 0 Å². The fourth-order valence-corrected chi connectivity index (χ4v) is 3.78. The molecule has 0 heterocycles. The Kier molecular flexibility index (Phi) is 7.59. The molecule has 0 rings (SSSR count). The first kappa shape index (κ1) is 8.31. The van der Waals surface area contributed by atoms with Gasteiger partial charge in [-0.05, 0) is 6.04 Å². The van der Waals surface area contributed by atoms with Crippen LogP contribution in [-0.2, 0) is 8.23 Å². The second-order valence-electron chi connectivity index (χ2n) is 1.39. The standard InChI is InChI=1S/C3H12O2Si3/c1-2-3-7-5-8-4-6/h2H,1,3,7-8H2,6H3. The number of hydrogen-bond donors (Lipinski definition) is 0. The highest BCUT2D eigenvalue weighted by atomic mass is 28.3. The van der Waals surface area contributed by atoms with Crippen molar-refractivity contribution in [2.45, 2.75) is 6.04 Å². The van der Waals surface area contributed by atoms with E-state index in [0.717, 1.165) is 16.5 Å². The first-order valence-corrected chi connectivity index (χ1v) is 6.14. The van der Waals surface area contributed by atoms with E-state index in [1.165, 1.54) is 0 Å². The first-order chi connectivity index (χ1) is 3.91. The number of hydrogen-bond acceptors (Lipinski definition) is 2. The minimum absolute atomic E-state index is 0.259. The quantitative estimate of drug-likeness (QED) is 0.266. The summed E-state index contributed by atoms with van der Waals surface area (Å²) in [6.07, 6.45) is 1.91. The summed E-state index contributed by atoms with van der Waals surface area (Å²) in [6.45, 7) is 3.60. The van der Waals surface area contributed by atoms with Crippen molar-refractivity contribution in [3.05, 3.63) is 12.7 Å². The summed E-state index contributed by atoms with van der Waals surface area (Å²) in [6, 6.07) is 1.08. The van der Waals surface area contributed by atoms with Crippen LogP contribution in [0.3, 0.4) is 0 Å². The Labute approximate surface area is 57.8 Å². The zero-order valence-corrected chi connectivity index (χ0v) is 10.1. The van der Waals surface area contributed by atoms with Gasteiger partial charge in [0.1, 0.15) is 10.5 Å². The van der Waals surface area contributed by atoms with Gasteiger partial charge in [0.15, 0.2) is 9.76 Å². The molecule has 0 aliphatic carbocycles. The first-order valence-electron chi connectivity index (χ1n) is 2.59. The summed E-state index contributed by atoms with van der Waals surface area (Å²) in [5.74, 6) is 0. The highest BCUT2D eigenvalue weighted by molar-refractivity contribution is 6.41. The zero-order chi connectivity index (χ0) is 6.24. The molecule has 2 nitrogen and oxygen atoms in total. The molecule has 0 unspecified atom stereocenters. The van der Waals surface area contributed by atoms with E-state index in [9.17, 15) is 0 Å². The van der Waals surface area contributed by atoms with Crippen LogP contribution in [0.1, 0.15) is 0 Å². The number of rotatable bonds is 5. The molecule has 0 saturated heterocycles. The van der Waals surface area contributed by atoms with Gasteiger partial charge < -0.3 is 8.23 Å². The lowest BCUT2D eigenvalue weighted by atomic mass is 10.8. The summed E-state index contributed by atoms with van der Waals surface area (Å²) in [5.41, 5.74) is 0. The average molecular weight is 164 g/mol. The predicted octanol–water partition coefficient (Wildman–Crippen LogP) is -2.01. The van der Waals surface area contributed by atoms with Crippen LogP contribution in [0.5, 0.6) is 0 Å². The Bertz CT molecular complexity index is 58.5. The molecule has 0 radical (unpaired) electrons. The van der Waals surface area contributed by atoms with E-state index < -0.39 is 10.0 Å². The van der Waals surface area contributed by atoms with Gasteiger partial charge in [-0.3, -0.25) is 0 Å². The minimum Gasteiger partial charge on any atom is -0.449 e. The Hall–Kier alpha value is 0.311. The summed E-state index contributed by atoms with van der Waals surface area (Å²) < 4.78 is 10.2. The van der Waals surface area contributed by atoms with Crippen LogP contribution >= 0.6 is 0 Å². The normalized spacial score (nSPS) is 12.5. The number of allylic oxidation sites excluding steroid dienone is 1. The van der Waals surface area contributed by atoms with E-state index in [2.05, 4.69) is 6.58 Å². The Balaban J connectivity index is 2.62. The van der Waals surface area contributed by atoms with Crippen molar-refractivity contribution >= 4 is 30.3 Å². The second kappa shape index (κ2) is 7.31. The Morgan fingerprint density at radius 1 is 1.75 bits per heavy atom. The van der Waals surface area contributed by atoms with Crippen molar-refractivity contribution in [3.8, 4) is 0 Å². The molecule has 48 valence electrons. The van der Waals surface area contributed by atoms with E-state index in [1.807, 2.05) is 6.08 Å². The van der Waals surface area contributed by atoms with Gasteiger partial charge in [0.25, 0.3) is 10.0 Å². The third-order valence-electron chi connectivity index (χ3n) is 0.667. The summed E-state index contributed by atoms with van der Waals surface area (Å²) >= 11 is 0. The lowest BCUT2D eigenvalue weighted by Gasteiger charge is -1.96. The van der Waals surface area contributed by atoms with Gasteiger partial charge in [-0.15, -0.1) is 6.58 Å². The van der Waals surface area contributed by atoms with Crippen LogP contribution in [0.25, 0.3) is 0 Å². The maximum Gasteiger partial charge on any atom is 0.282 e. The third kappa shape index (κ3) is 6.31. The van der Waals surface area contributed by atoms with Gasteiger partial charge in [0.2, 0.25) is 0 Å². The molecular weight excluding hydrogens is 152 g/mol. The topological polar surface area (TPSA) is 18.5 Å². The Morgan fingerprint density at radius 3 is 3.00 bits per heavy atom. The van der Waals surface area contributed by atoms with Crippen molar-refractivity contribution in [1.29, 1.82) is 0 Å². The summed E-state index contributed by atoms with van der Waals surface area (Å²) in [4.78, 5) is 0. The molecule has 0 atom stereocenters. The molecular formula is C3H12O2Si3. The molecule has 0 aromatic carbocycles. The van der Waals surface area contributed by atoms with Crippen LogP contribution in [0.15, 0.2) is 12.7 Å². The van der Waals surface area contributed by atoms with Crippen molar-refractivity contribution in [3.63, 3.8) is 0 Å². The van der Waals surface area contributed by atoms with Crippen molar-refractivity contribution in [1.82, 2.24) is 0 Å². The highest BCUT2D eigenvalue weighted by Gasteiger charge is 1.82. The van der Waals surface area contributed by atoms with Gasteiger partial charge in [0.05, 0.1) is 0 Å². The molecule has 0 spiro atoms.